The lowest BCUT2D eigenvalue weighted by molar-refractivity contribution is 0.919. The number of para-hydroxylation sites is 1. The SMILES string of the molecule is CCCc1ccccc1Nc1nc(CC)nc(N)c1C. The van der Waals surface area contributed by atoms with Crippen molar-refractivity contribution in [3.8, 4) is 0 Å². The second-order valence-corrected chi connectivity index (χ2v) is 4.88. The van der Waals surface area contributed by atoms with Crippen molar-refractivity contribution in [2.24, 2.45) is 0 Å². The normalized spacial score (nSPS) is 10.6. The Morgan fingerprint density at radius 1 is 1.15 bits per heavy atom. The van der Waals surface area contributed by atoms with Gasteiger partial charge in [-0.25, -0.2) is 9.97 Å². The summed E-state index contributed by atoms with van der Waals surface area (Å²) in [4.78, 5) is 8.82. The molecule has 20 heavy (non-hydrogen) atoms. The molecule has 1 heterocycles. The Hall–Kier alpha value is -2.10. The predicted molar refractivity (Wildman–Crippen MR) is 84.3 cm³/mol. The fraction of sp³-hybridized carbons (Fsp3) is 0.375. The summed E-state index contributed by atoms with van der Waals surface area (Å²) in [5, 5.41) is 3.41. The molecule has 0 spiro atoms. The average Bonchev–Trinajstić information content (AvgIpc) is 2.46. The van der Waals surface area contributed by atoms with E-state index in [1.807, 2.05) is 19.9 Å². The molecular weight excluding hydrogens is 248 g/mol. The van der Waals surface area contributed by atoms with Crippen molar-refractivity contribution in [3.63, 3.8) is 0 Å². The highest BCUT2D eigenvalue weighted by Crippen LogP contribution is 2.25. The Balaban J connectivity index is 2.37. The molecule has 4 heteroatoms. The zero-order valence-corrected chi connectivity index (χ0v) is 12.4. The molecule has 2 aromatic rings. The Kier molecular flexibility index (Phi) is 4.56. The predicted octanol–water partition coefficient (Wildman–Crippen LogP) is 3.63. The first-order valence-corrected chi connectivity index (χ1v) is 7.13. The molecular formula is C16H22N4. The molecule has 0 aliphatic rings. The lowest BCUT2D eigenvalue weighted by Gasteiger charge is -2.14. The Morgan fingerprint density at radius 2 is 1.90 bits per heavy atom. The minimum atomic E-state index is 0.548. The highest BCUT2D eigenvalue weighted by Gasteiger charge is 2.09. The summed E-state index contributed by atoms with van der Waals surface area (Å²) in [6.45, 7) is 6.15. The summed E-state index contributed by atoms with van der Waals surface area (Å²) < 4.78 is 0. The molecule has 106 valence electrons. The van der Waals surface area contributed by atoms with Crippen LogP contribution in [0.3, 0.4) is 0 Å². The van der Waals surface area contributed by atoms with E-state index >= 15 is 0 Å². The number of nitrogens with zero attached hydrogens (tertiary/aromatic N) is 2. The number of nitrogens with two attached hydrogens (primary N) is 1. The van der Waals surface area contributed by atoms with E-state index in [4.69, 9.17) is 5.73 Å². The third-order valence-corrected chi connectivity index (χ3v) is 3.34. The third-order valence-electron chi connectivity index (χ3n) is 3.34. The molecule has 3 N–H and O–H groups in total. The summed E-state index contributed by atoms with van der Waals surface area (Å²) in [5.74, 6) is 2.12. The van der Waals surface area contributed by atoms with Gasteiger partial charge < -0.3 is 11.1 Å². The second kappa shape index (κ2) is 6.37. The topological polar surface area (TPSA) is 63.8 Å². The van der Waals surface area contributed by atoms with Gasteiger partial charge in [-0.1, -0.05) is 38.5 Å². The molecule has 2 rings (SSSR count). The summed E-state index contributed by atoms with van der Waals surface area (Å²) in [6, 6.07) is 8.32. The zero-order chi connectivity index (χ0) is 14.5. The van der Waals surface area contributed by atoms with Gasteiger partial charge in [-0.3, -0.25) is 0 Å². The molecule has 0 amide bonds. The van der Waals surface area contributed by atoms with E-state index in [-0.39, 0.29) is 0 Å². The molecule has 4 nitrogen and oxygen atoms in total. The Bertz CT molecular complexity index is 593. The zero-order valence-electron chi connectivity index (χ0n) is 12.4. The highest BCUT2D eigenvalue weighted by molar-refractivity contribution is 5.66. The van der Waals surface area contributed by atoms with E-state index in [1.165, 1.54) is 5.56 Å². The van der Waals surface area contributed by atoms with Crippen molar-refractivity contribution in [2.75, 3.05) is 11.1 Å². The quantitative estimate of drug-likeness (QED) is 0.871. The number of aryl methyl sites for hydroxylation is 2. The minimum absolute atomic E-state index is 0.548. The summed E-state index contributed by atoms with van der Waals surface area (Å²) in [7, 11) is 0. The smallest absolute Gasteiger partial charge is 0.139 e. The molecule has 0 radical (unpaired) electrons. The van der Waals surface area contributed by atoms with E-state index in [0.717, 1.165) is 42.2 Å². The monoisotopic (exact) mass is 270 g/mol. The number of hydrogen-bond donors (Lipinski definition) is 2. The maximum Gasteiger partial charge on any atom is 0.139 e. The second-order valence-electron chi connectivity index (χ2n) is 4.88. The standard InChI is InChI=1S/C16H22N4/c1-4-8-12-9-6-7-10-13(12)18-16-11(3)15(17)19-14(5-2)20-16/h6-7,9-10H,4-5,8H2,1-3H3,(H3,17,18,19,20). The van der Waals surface area contributed by atoms with Crippen LogP contribution in [0.5, 0.6) is 0 Å². The van der Waals surface area contributed by atoms with Crippen LogP contribution in [0.25, 0.3) is 0 Å². The van der Waals surface area contributed by atoms with Crippen LogP contribution in [0, 0.1) is 6.92 Å². The molecule has 0 saturated heterocycles. The van der Waals surface area contributed by atoms with Crippen LogP contribution in [-0.2, 0) is 12.8 Å². The highest BCUT2D eigenvalue weighted by atomic mass is 15.1. The van der Waals surface area contributed by atoms with Gasteiger partial charge in [0, 0.05) is 17.7 Å². The van der Waals surface area contributed by atoms with Crippen LogP contribution in [0.2, 0.25) is 0 Å². The van der Waals surface area contributed by atoms with E-state index in [9.17, 15) is 0 Å². The molecule has 0 saturated carbocycles. The first-order valence-electron chi connectivity index (χ1n) is 7.13. The van der Waals surface area contributed by atoms with Crippen molar-refractivity contribution in [1.29, 1.82) is 0 Å². The van der Waals surface area contributed by atoms with Crippen LogP contribution in [0.15, 0.2) is 24.3 Å². The number of rotatable bonds is 5. The van der Waals surface area contributed by atoms with Crippen LogP contribution in [-0.4, -0.2) is 9.97 Å². The van der Waals surface area contributed by atoms with Gasteiger partial charge in [0.15, 0.2) is 0 Å². The van der Waals surface area contributed by atoms with Gasteiger partial charge in [0.1, 0.15) is 17.5 Å². The summed E-state index contributed by atoms with van der Waals surface area (Å²) in [5.41, 5.74) is 9.24. The van der Waals surface area contributed by atoms with Crippen LogP contribution in [0.1, 0.15) is 37.2 Å². The molecule has 1 aromatic carbocycles. The van der Waals surface area contributed by atoms with Gasteiger partial charge in [0.25, 0.3) is 0 Å². The first kappa shape index (κ1) is 14.3. The van der Waals surface area contributed by atoms with Crippen molar-refractivity contribution in [3.05, 3.63) is 41.2 Å². The molecule has 0 fully saturated rings. The van der Waals surface area contributed by atoms with Crippen LogP contribution in [0.4, 0.5) is 17.3 Å². The summed E-state index contributed by atoms with van der Waals surface area (Å²) in [6.07, 6.45) is 2.93. The van der Waals surface area contributed by atoms with Gasteiger partial charge in [-0.15, -0.1) is 0 Å². The largest absolute Gasteiger partial charge is 0.383 e. The first-order chi connectivity index (χ1) is 9.65. The lowest BCUT2D eigenvalue weighted by Crippen LogP contribution is -2.07. The minimum Gasteiger partial charge on any atom is -0.383 e. The molecule has 0 aliphatic carbocycles. The molecule has 0 unspecified atom stereocenters. The molecule has 0 atom stereocenters. The summed E-state index contributed by atoms with van der Waals surface area (Å²) >= 11 is 0. The van der Waals surface area contributed by atoms with E-state index in [2.05, 4.69) is 40.4 Å². The maximum absolute atomic E-state index is 5.96. The van der Waals surface area contributed by atoms with Gasteiger partial charge in [0.2, 0.25) is 0 Å². The van der Waals surface area contributed by atoms with E-state index in [1.54, 1.807) is 0 Å². The molecule has 0 bridgehead atoms. The average molecular weight is 270 g/mol. The molecule has 0 aliphatic heterocycles. The maximum atomic E-state index is 5.96. The van der Waals surface area contributed by atoms with Gasteiger partial charge in [-0.05, 0) is 25.0 Å². The Labute approximate surface area is 120 Å². The number of benzene rings is 1. The van der Waals surface area contributed by atoms with Crippen molar-refractivity contribution < 1.29 is 0 Å². The van der Waals surface area contributed by atoms with E-state index in [0.29, 0.717) is 5.82 Å². The fourth-order valence-electron chi connectivity index (χ4n) is 2.12. The fourth-order valence-corrected chi connectivity index (χ4v) is 2.12. The van der Waals surface area contributed by atoms with E-state index < -0.39 is 0 Å². The molecule has 1 aromatic heterocycles. The number of nitrogen functional groups attached to an aromatic ring is 1. The number of hydrogen-bond acceptors (Lipinski definition) is 4. The van der Waals surface area contributed by atoms with Gasteiger partial charge >= 0.3 is 0 Å². The number of aromatic nitrogens is 2. The van der Waals surface area contributed by atoms with Crippen LogP contribution >= 0.6 is 0 Å². The van der Waals surface area contributed by atoms with Crippen molar-refractivity contribution >= 4 is 17.3 Å². The van der Waals surface area contributed by atoms with Crippen molar-refractivity contribution in [1.82, 2.24) is 9.97 Å². The number of anilines is 3. The van der Waals surface area contributed by atoms with Crippen LogP contribution < -0.4 is 11.1 Å². The van der Waals surface area contributed by atoms with Gasteiger partial charge in [-0.2, -0.15) is 0 Å². The van der Waals surface area contributed by atoms with Gasteiger partial charge in [0.05, 0.1) is 0 Å². The third kappa shape index (κ3) is 3.07. The number of nitrogens with one attached hydrogen (secondary N) is 1. The lowest BCUT2D eigenvalue weighted by atomic mass is 10.1. The van der Waals surface area contributed by atoms with Crippen molar-refractivity contribution in [2.45, 2.75) is 40.0 Å². The Morgan fingerprint density at radius 3 is 2.60 bits per heavy atom.